The van der Waals surface area contributed by atoms with E-state index in [4.69, 9.17) is 21.1 Å². The molecule has 1 saturated heterocycles. The fourth-order valence-electron chi connectivity index (χ4n) is 3.36. The van der Waals surface area contributed by atoms with Gasteiger partial charge in [-0.15, -0.1) is 0 Å². The topological polar surface area (TPSA) is 68.3 Å². The van der Waals surface area contributed by atoms with Crippen LogP contribution in [0.1, 0.15) is 5.56 Å². The van der Waals surface area contributed by atoms with Crippen LogP contribution in [0.3, 0.4) is 0 Å². The van der Waals surface area contributed by atoms with Crippen LogP contribution in [0.5, 0.6) is 17.2 Å². The zero-order valence-corrected chi connectivity index (χ0v) is 18.6. The van der Waals surface area contributed by atoms with E-state index in [9.17, 15) is 17.2 Å². The van der Waals surface area contributed by atoms with E-state index in [1.54, 1.807) is 14.2 Å². The van der Waals surface area contributed by atoms with Crippen molar-refractivity contribution >= 4 is 21.6 Å². The molecule has 0 aromatic heterocycles. The molecule has 0 N–H and O–H groups in total. The lowest BCUT2D eigenvalue weighted by Crippen LogP contribution is -2.48. The highest BCUT2D eigenvalue weighted by Gasteiger charge is 2.29. The van der Waals surface area contributed by atoms with Crippen molar-refractivity contribution in [1.29, 1.82) is 0 Å². The highest BCUT2D eigenvalue weighted by molar-refractivity contribution is 7.89. The summed E-state index contributed by atoms with van der Waals surface area (Å²) < 4.78 is 66.9. The molecule has 0 radical (unpaired) electrons. The van der Waals surface area contributed by atoms with Gasteiger partial charge in [0.05, 0.1) is 24.1 Å². The average molecular weight is 477 g/mol. The monoisotopic (exact) mass is 476 g/mol. The summed E-state index contributed by atoms with van der Waals surface area (Å²) in [5, 5.41) is -0.190. The van der Waals surface area contributed by atoms with Gasteiger partial charge < -0.3 is 14.2 Å². The number of ether oxygens (including phenoxy) is 3. The van der Waals surface area contributed by atoms with Crippen LogP contribution in [0, 0.1) is 0 Å². The van der Waals surface area contributed by atoms with E-state index in [-0.39, 0.29) is 28.8 Å². The first kappa shape index (κ1) is 23.5. The molecule has 2 aromatic carbocycles. The molecule has 0 unspecified atom stereocenters. The summed E-state index contributed by atoms with van der Waals surface area (Å²) in [6.07, 6.45) is 0. The Hall–Kier alpha value is -2.14. The zero-order valence-electron chi connectivity index (χ0n) is 17.1. The number of hydrogen-bond donors (Lipinski definition) is 0. The number of benzene rings is 2. The molecule has 170 valence electrons. The first-order valence-corrected chi connectivity index (χ1v) is 11.2. The summed E-state index contributed by atoms with van der Waals surface area (Å²) >= 11 is 5.91. The molecule has 11 heteroatoms. The van der Waals surface area contributed by atoms with Gasteiger partial charge in [0, 0.05) is 38.3 Å². The highest BCUT2D eigenvalue weighted by atomic mass is 35.5. The molecule has 1 aliphatic rings. The summed E-state index contributed by atoms with van der Waals surface area (Å²) in [7, 11) is -0.628. The number of piperazine rings is 1. The van der Waals surface area contributed by atoms with Crippen molar-refractivity contribution in [3.05, 3.63) is 47.0 Å². The number of rotatable bonds is 8. The third-order valence-corrected chi connectivity index (χ3v) is 7.16. The van der Waals surface area contributed by atoms with Crippen molar-refractivity contribution < 1.29 is 31.4 Å². The lowest BCUT2D eigenvalue weighted by Gasteiger charge is -2.34. The standard InChI is InChI=1S/C20H23ClF2N2O5S/c1-28-15-3-5-18(29-2)14(11-15)13-24-7-9-25(10-8-24)31(26,27)16-4-6-19(17(21)12-16)30-20(22)23/h3-6,11-12,20H,7-10,13H2,1-2H3. The van der Waals surface area contributed by atoms with Gasteiger partial charge in [-0.1, -0.05) is 11.6 Å². The van der Waals surface area contributed by atoms with Crippen LogP contribution < -0.4 is 14.2 Å². The Morgan fingerprint density at radius 2 is 1.68 bits per heavy atom. The molecule has 0 spiro atoms. The zero-order chi connectivity index (χ0) is 22.6. The summed E-state index contributed by atoms with van der Waals surface area (Å²) in [6, 6.07) is 9.02. The van der Waals surface area contributed by atoms with Crippen LogP contribution in [-0.4, -0.2) is 64.6 Å². The minimum Gasteiger partial charge on any atom is -0.497 e. The number of halogens is 3. The normalized spacial score (nSPS) is 15.8. The molecule has 0 aliphatic carbocycles. The second kappa shape index (κ2) is 9.99. The lowest BCUT2D eigenvalue weighted by atomic mass is 10.1. The summed E-state index contributed by atoms with van der Waals surface area (Å²) in [6.45, 7) is -0.876. The minimum atomic E-state index is -3.82. The van der Waals surface area contributed by atoms with Crippen molar-refractivity contribution in [3.63, 3.8) is 0 Å². The van der Waals surface area contributed by atoms with Crippen molar-refractivity contribution in [1.82, 2.24) is 9.21 Å². The Morgan fingerprint density at radius 3 is 2.26 bits per heavy atom. The predicted molar refractivity (Wildman–Crippen MR) is 112 cm³/mol. The Bertz CT molecular complexity index is 1010. The largest absolute Gasteiger partial charge is 0.497 e. The summed E-state index contributed by atoms with van der Waals surface area (Å²) in [5.41, 5.74) is 0.944. The second-order valence-corrected chi connectivity index (χ2v) is 9.17. The van der Waals surface area contributed by atoms with Crippen LogP contribution >= 0.6 is 11.6 Å². The van der Waals surface area contributed by atoms with Crippen LogP contribution in [0.15, 0.2) is 41.3 Å². The van der Waals surface area contributed by atoms with Gasteiger partial charge in [-0.2, -0.15) is 13.1 Å². The first-order chi connectivity index (χ1) is 14.7. The molecule has 0 saturated carbocycles. The molecule has 7 nitrogen and oxygen atoms in total. The Kier molecular flexibility index (Phi) is 7.58. The minimum absolute atomic E-state index is 0.0676. The quantitative estimate of drug-likeness (QED) is 0.581. The molecule has 1 aliphatic heterocycles. The maximum Gasteiger partial charge on any atom is 0.387 e. The maximum absolute atomic E-state index is 12.9. The van der Waals surface area contributed by atoms with Gasteiger partial charge in [0.15, 0.2) is 0 Å². The van der Waals surface area contributed by atoms with E-state index in [2.05, 4.69) is 9.64 Å². The SMILES string of the molecule is COc1ccc(OC)c(CN2CCN(S(=O)(=O)c3ccc(OC(F)F)c(Cl)c3)CC2)c1. The van der Waals surface area contributed by atoms with E-state index in [1.165, 1.54) is 10.4 Å². The Balaban J connectivity index is 1.67. The van der Waals surface area contributed by atoms with E-state index >= 15 is 0 Å². The van der Waals surface area contributed by atoms with Crippen LogP contribution in [-0.2, 0) is 16.6 Å². The second-order valence-electron chi connectivity index (χ2n) is 6.83. The summed E-state index contributed by atoms with van der Waals surface area (Å²) in [4.78, 5) is 2.05. The van der Waals surface area contributed by atoms with Gasteiger partial charge in [-0.25, -0.2) is 8.42 Å². The number of alkyl halides is 2. The van der Waals surface area contributed by atoms with Gasteiger partial charge in [0.25, 0.3) is 0 Å². The van der Waals surface area contributed by atoms with Gasteiger partial charge in [0.2, 0.25) is 10.0 Å². The number of sulfonamides is 1. The molecular formula is C20H23ClF2N2O5S. The Labute approximate surface area is 185 Å². The fraction of sp³-hybridized carbons (Fsp3) is 0.400. The summed E-state index contributed by atoms with van der Waals surface area (Å²) in [5.74, 6) is 1.18. The van der Waals surface area contributed by atoms with E-state index in [1.807, 2.05) is 18.2 Å². The molecule has 0 amide bonds. The number of hydrogen-bond acceptors (Lipinski definition) is 6. The third kappa shape index (κ3) is 5.57. The van der Waals surface area contributed by atoms with Crippen molar-refractivity contribution in [2.24, 2.45) is 0 Å². The van der Waals surface area contributed by atoms with Crippen LogP contribution in [0.2, 0.25) is 5.02 Å². The van der Waals surface area contributed by atoms with E-state index < -0.39 is 16.6 Å². The maximum atomic E-state index is 12.9. The molecule has 1 heterocycles. The van der Waals surface area contributed by atoms with Gasteiger partial charge >= 0.3 is 6.61 Å². The van der Waals surface area contributed by atoms with Crippen LogP contribution in [0.25, 0.3) is 0 Å². The molecule has 0 atom stereocenters. The molecule has 31 heavy (non-hydrogen) atoms. The third-order valence-electron chi connectivity index (χ3n) is 4.97. The molecular weight excluding hydrogens is 454 g/mol. The fourth-order valence-corrected chi connectivity index (χ4v) is 5.10. The predicted octanol–water partition coefficient (Wildman–Crippen LogP) is 3.47. The first-order valence-electron chi connectivity index (χ1n) is 9.42. The average Bonchev–Trinajstić information content (AvgIpc) is 2.75. The van der Waals surface area contributed by atoms with E-state index in [0.717, 1.165) is 23.4 Å². The van der Waals surface area contributed by atoms with Gasteiger partial charge in [0.1, 0.15) is 17.2 Å². The highest BCUT2D eigenvalue weighted by Crippen LogP contribution is 2.30. The molecule has 3 rings (SSSR count). The lowest BCUT2D eigenvalue weighted by molar-refractivity contribution is -0.0498. The molecule has 1 fully saturated rings. The van der Waals surface area contributed by atoms with Crippen molar-refractivity contribution in [2.45, 2.75) is 18.1 Å². The van der Waals surface area contributed by atoms with Gasteiger partial charge in [-0.05, 0) is 36.4 Å². The Morgan fingerprint density at radius 1 is 1.00 bits per heavy atom. The number of nitrogens with zero attached hydrogens (tertiary/aromatic N) is 2. The smallest absolute Gasteiger partial charge is 0.387 e. The van der Waals surface area contributed by atoms with Crippen molar-refractivity contribution in [2.75, 3.05) is 40.4 Å². The molecule has 0 bridgehead atoms. The van der Waals surface area contributed by atoms with Crippen LogP contribution in [0.4, 0.5) is 8.78 Å². The number of methoxy groups -OCH3 is 2. The van der Waals surface area contributed by atoms with Gasteiger partial charge in [-0.3, -0.25) is 4.90 Å². The van der Waals surface area contributed by atoms with Crippen molar-refractivity contribution in [3.8, 4) is 17.2 Å². The van der Waals surface area contributed by atoms with E-state index in [0.29, 0.717) is 25.4 Å². The molecule has 2 aromatic rings.